The Morgan fingerprint density at radius 2 is 1.15 bits per heavy atom. The largest absolute Gasteiger partial charge is 0.481 e. The van der Waals surface area contributed by atoms with E-state index in [2.05, 4.69) is 0 Å². The van der Waals surface area contributed by atoms with E-state index in [1.54, 1.807) is 0 Å². The first kappa shape index (κ1) is 31.9. The van der Waals surface area contributed by atoms with Crippen molar-refractivity contribution in [1.29, 1.82) is 0 Å². The SMILES string of the molecule is CC(=O)O.CC(=O)O.CC(=O)O.CCN(O)CCN.[Ce]. The summed E-state index contributed by atoms with van der Waals surface area (Å²) in [7, 11) is 0. The van der Waals surface area contributed by atoms with Gasteiger partial charge in [-0.15, -0.1) is 0 Å². The molecule has 0 saturated heterocycles. The molecule has 0 saturated carbocycles. The smallest absolute Gasteiger partial charge is 0.300 e. The van der Waals surface area contributed by atoms with Crippen LogP contribution >= 0.6 is 0 Å². The van der Waals surface area contributed by atoms with Crippen LogP contribution in [0.4, 0.5) is 0 Å². The normalized spacial score (nSPS) is 7.35. The fourth-order valence-corrected chi connectivity index (χ4v) is 0.307. The van der Waals surface area contributed by atoms with Crippen LogP contribution in [0.3, 0.4) is 0 Å². The number of hydrogen-bond donors (Lipinski definition) is 5. The number of likely N-dealkylation sites (N-methyl/N-ethyl adjacent to an activating group) is 1. The summed E-state index contributed by atoms with van der Waals surface area (Å²) in [5.41, 5.74) is 5.10. The van der Waals surface area contributed by atoms with Crippen LogP contribution in [-0.4, -0.2) is 63.1 Å². The van der Waals surface area contributed by atoms with Gasteiger partial charge in [-0.05, 0) is 0 Å². The van der Waals surface area contributed by atoms with E-state index in [0.717, 1.165) is 20.8 Å². The van der Waals surface area contributed by atoms with E-state index in [9.17, 15) is 0 Å². The Labute approximate surface area is 152 Å². The standard InChI is InChI=1S/C4H12N2O.3C2H4O2.Ce/c1-2-6(7)4-3-5;3*1-2(3)4;/h7H,2-5H2,1H3;3*1H3,(H,3,4);. The van der Waals surface area contributed by atoms with Gasteiger partial charge in [0.05, 0.1) is 0 Å². The zero-order valence-corrected chi connectivity index (χ0v) is 15.3. The number of rotatable bonds is 3. The maximum Gasteiger partial charge on any atom is 0.300 e. The molecular formula is C10H24CeN2O7. The van der Waals surface area contributed by atoms with Crippen LogP contribution in [0.1, 0.15) is 27.7 Å². The van der Waals surface area contributed by atoms with Gasteiger partial charge in [0.25, 0.3) is 17.9 Å². The van der Waals surface area contributed by atoms with Crippen LogP contribution in [0.25, 0.3) is 0 Å². The summed E-state index contributed by atoms with van der Waals surface area (Å²) in [6.45, 7) is 6.85. The van der Waals surface area contributed by atoms with Crippen LogP contribution in [0.5, 0.6) is 0 Å². The molecule has 0 bridgehead atoms. The Hall–Kier alpha value is -0.333. The molecule has 0 aliphatic heterocycles. The van der Waals surface area contributed by atoms with Crippen molar-refractivity contribution in [2.45, 2.75) is 27.7 Å². The average Bonchev–Trinajstić information content (AvgIpc) is 2.15. The molecule has 6 N–H and O–H groups in total. The van der Waals surface area contributed by atoms with E-state index in [0.29, 0.717) is 19.6 Å². The summed E-state index contributed by atoms with van der Waals surface area (Å²) < 4.78 is 0. The van der Waals surface area contributed by atoms with Crippen molar-refractivity contribution in [3.8, 4) is 0 Å². The second-order valence-electron chi connectivity index (χ2n) is 2.89. The van der Waals surface area contributed by atoms with Crippen LogP contribution in [0.15, 0.2) is 0 Å². The summed E-state index contributed by atoms with van der Waals surface area (Å²) >= 11 is 0. The van der Waals surface area contributed by atoms with Crippen LogP contribution in [0, 0.1) is 41.7 Å². The molecule has 0 aliphatic carbocycles. The van der Waals surface area contributed by atoms with Crippen molar-refractivity contribution in [2.24, 2.45) is 5.73 Å². The molecule has 0 unspecified atom stereocenters. The molecule has 0 aromatic carbocycles. The first-order chi connectivity index (χ1) is 8.50. The molecule has 9 nitrogen and oxygen atoms in total. The van der Waals surface area contributed by atoms with E-state index < -0.39 is 17.9 Å². The molecule has 0 amide bonds. The predicted molar refractivity (Wildman–Crippen MR) is 68.0 cm³/mol. The van der Waals surface area contributed by atoms with Crippen LogP contribution in [-0.2, 0) is 14.4 Å². The molecule has 0 spiro atoms. The molecule has 0 atom stereocenters. The van der Waals surface area contributed by atoms with Crippen molar-refractivity contribution in [3.63, 3.8) is 0 Å². The van der Waals surface area contributed by atoms with Crippen LogP contribution < -0.4 is 5.73 Å². The Morgan fingerprint density at radius 3 is 1.20 bits per heavy atom. The van der Waals surface area contributed by atoms with Gasteiger partial charge in [0, 0.05) is 82.2 Å². The van der Waals surface area contributed by atoms with E-state index in [1.807, 2.05) is 6.92 Å². The predicted octanol–water partition coefficient (Wildman–Crippen LogP) is -0.0711. The second-order valence-corrected chi connectivity index (χ2v) is 2.89. The van der Waals surface area contributed by atoms with Crippen molar-refractivity contribution in [3.05, 3.63) is 0 Å². The quantitative estimate of drug-likeness (QED) is 0.390. The summed E-state index contributed by atoms with van der Waals surface area (Å²) in [5, 5.41) is 32.0. The zero-order valence-electron chi connectivity index (χ0n) is 12.2. The number of carbonyl (C=O) groups is 3. The first-order valence-corrected chi connectivity index (χ1v) is 5.23. The van der Waals surface area contributed by atoms with Gasteiger partial charge >= 0.3 is 0 Å². The van der Waals surface area contributed by atoms with E-state index in [-0.39, 0.29) is 41.7 Å². The number of carboxylic acid groups (broad SMARTS) is 3. The Balaban J connectivity index is -0.0000000512. The number of nitrogens with two attached hydrogens (primary N) is 1. The summed E-state index contributed by atoms with van der Waals surface area (Å²) in [4.78, 5) is 27.0. The molecule has 20 heavy (non-hydrogen) atoms. The third-order valence-corrected chi connectivity index (χ3v) is 0.752. The Morgan fingerprint density at radius 1 is 0.950 bits per heavy atom. The van der Waals surface area contributed by atoms with Crippen molar-refractivity contribution in [1.82, 2.24) is 5.06 Å². The number of hydrogen-bond acceptors (Lipinski definition) is 6. The van der Waals surface area contributed by atoms with Gasteiger partial charge in [0.15, 0.2) is 0 Å². The fourth-order valence-electron chi connectivity index (χ4n) is 0.307. The number of carboxylic acids is 3. The number of hydroxylamine groups is 2. The monoisotopic (exact) mass is 424 g/mol. The van der Waals surface area contributed by atoms with Gasteiger partial charge in [-0.25, -0.2) is 0 Å². The summed E-state index contributed by atoms with van der Waals surface area (Å²) in [6.07, 6.45) is 0. The third kappa shape index (κ3) is 225. The fraction of sp³-hybridized carbons (Fsp3) is 0.700. The minimum absolute atomic E-state index is 0. The van der Waals surface area contributed by atoms with E-state index in [4.69, 9.17) is 40.6 Å². The van der Waals surface area contributed by atoms with Crippen molar-refractivity contribution in [2.75, 3.05) is 19.6 Å². The first-order valence-electron chi connectivity index (χ1n) is 5.23. The van der Waals surface area contributed by atoms with Gasteiger partial charge in [-0.1, -0.05) is 6.92 Å². The van der Waals surface area contributed by atoms with E-state index in [1.165, 1.54) is 5.06 Å². The molecule has 0 heterocycles. The second kappa shape index (κ2) is 27.1. The van der Waals surface area contributed by atoms with Gasteiger partial charge in [-0.2, -0.15) is 5.06 Å². The third-order valence-electron chi connectivity index (χ3n) is 0.752. The molecule has 0 aromatic heterocycles. The molecular weight excluding hydrogens is 400 g/mol. The van der Waals surface area contributed by atoms with Crippen molar-refractivity contribution >= 4 is 17.9 Å². The van der Waals surface area contributed by atoms with Gasteiger partial charge in [0.2, 0.25) is 0 Å². The number of aliphatic carboxylic acids is 3. The zero-order chi connectivity index (χ0) is 16.4. The Bertz CT molecular complexity index is 199. The minimum atomic E-state index is -0.833. The molecule has 0 aromatic rings. The van der Waals surface area contributed by atoms with Crippen molar-refractivity contribution < 1.29 is 76.7 Å². The van der Waals surface area contributed by atoms with E-state index >= 15 is 0 Å². The molecule has 120 valence electrons. The average molecular weight is 424 g/mol. The van der Waals surface area contributed by atoms with Gasteiger partial charge in [0.1, 0.15) is 0 Å². The van der Waals surface area contributed by atoms with Gasteiger partial charge < -0.3 is 26.3 Å². The molecule has 10 heteroatoms. The maximum absolute atomic E-state index is 9.00. The van der Waals surface area contributed by atoms with Gasteiger partial charge in [-0.3, -0.25) is 14.4 Å². The molecule has 0 rings (SSSR count). The molecule has 0 radical (unpaired) electrons. The van der Waals surface area contributed by atoms with Crippen LogP contribution in [0.2, 0.25) is 0 Å². The Kier molecular flexibility index (Phi) is 43.1. The molecule has 0 fully saturated rings. The topological polar surface area (TPSA) is 161 Å². The summed E-state index contributed by atoms with van der Waals surface area (Å²) in [5.74, 6) is -2.50. The molecule has 0 aliphatic rings. The minimum Gasteiger partial charge on any atom is -0.481 e. The summed E-state index contributed by atoms with van der Waals surface area (Å²) in [6, 6.07) is 0. The number of nitrogens with zero attached hydrogens (tertiary/aromatic N) is 1. The maximum atomic E-state index is 9.00.